The van der Waals surface area contributed by atoms with Gasteiger partial charge in [0.2, 0.25) is 5.82 Å². The van der Waals surface area contributed by atoms with Gasteiger partial charge in [-0.2, -0.15) is 0 Å². The zero-order valence-electron chi connectivity index (χ0n) is 24.0. The number of thioether (sulfide) groups is 1. The van der Waals surface area contributed by atoms with Gasteiger partial charge in [-0.15, -0.1) is 16.9 Å². The molecule has 38 heavy (non-hydrogen) atoms. The Labute approximate surface area is 230 Å². The summed E-state index contributed by atoms with van der Waals surface area (Å²) in [6.45, 7) is 11.2. The number of aryl methyl sites for hydroxylation is 1. The SMILES string of the molecule is CCCCCCCN(c1nn(C)c(=O)n(C)c1=O)C(C)CCOc1ccc(SC(C)(C)C(=O)OCC)cc1. The second-order valence-corrected chi connectivity index (χ2v) is 11.7. The van der Waals surface area contributed by atoms with E-state index in [1.54, 1.807) is 14.0 Å². The Hall–Kier alpha value is -2.75. The fourth-order valence-electron chi connectivity index (χ4n) is 4.03. The average Bonchev–Trinajstić information content (AvgIpc) is 2.88. The van der Waals surface area contributed by atoms with Crippen LogP contribution in [-0.4, -0.2) is 50.9 Å². The quantitative estimate of drug-likeness (QED) is 0.171. The topological polar surface area (TPSA) is 95.7 Å². The molecule has 1 heterocycles. The predicted molar refractivity (Wildman–Crippen MR) is 153 cm³/mol. The van der Waals surface area contributed by atoms with Crippen molar-refractivity contribution in [2.45, 2.75) is 88.8 Å². The van der Waals surface area contributed by atoms with Crippen LogP contribution in [0.3, 0.4) is 0 Å². The second kappa shape index (κ2) is 15.0. The molecule has 0 bridgehead atoms. The van der Waals surface area contributed by atoms with Gasteiger partial charge in [-0.25, -0.2) is 9.48 Å². The smallest absolute Gasteiger partial charge is 0.346 e. The van der Waals surface area contributed by atoms with Gasteiger partial charge in [-0.1, -0.05) is 32.6 Å². The Morgan fingerprint density at radius 1 is 1.08 bits per heavy atom. The second-order valence-electron chi connectivity index (χ2n) is 9.99. The molecule has 1 aromatic heterocycles. The van der Waals surface area contributed by atoms with Crippen molar-refractivity contribution in [2.75, 3.05) is 24.7 Å². The van der Waals surface area contributed by atoms with Crippen molar-refractivity contribution >= 4 is 23.5 Å². The number of hydrogen-bond donors (Lipinski definition) is 0. The standard InChI is InChI=1S/C28H44N4O5S/c1-8-10-11-12-13-19-32(24-25(33)30(6)27(35)31(7)29-24)21(3)18-20-37-22-14-16-23(17-15-22)38-28(4,5)26(34)36-9-2/h14-17,21H,8-13,18-20H2,1-7H3. The molecular formula is C28H44N4O5S. The van der Waals surface area contributed by atoms with Gasteiger partial charge >= 0.3 is 11.7 Å². The molecule has 212 valence electrons. The van der Waals surface area contributed by atoms with Gasteiger partial charge in [0.25, 0.3) is 5.56 Å². The first-order valence-electron chi connectivity index (χ1n) is 13.5. The molecule has 0 fully saturated rings. The van der Waals surface area contributed by atoms with Gasteiger partial charge in [0.1, 0.15) is 10.5 Å². The molecular weight excluding hydrogens is 504 g/mol. The Balaban J connectivity index is 2.04. The summed E-state index contributed by atoms with van der Waals surface area (Å²) < 4.78 is 12.8. The van der Waals surface area contributed by atoms with E-state index in [9.17, 15) is 14.4 Å². The zero-order chi connectivity index (χ0) is 28.3. The van der Waals surface area contributed by atoms with Gasteiger partial charge in [-0.3, -0.25) is 14.2 Å². The van der Waals surface area contributed by atoms with E-state index >= 15 is 0 Å². The summed E-state index contributed by atoms with van der Waals surface area (Å²) in [5, 5.41) is 4.32. The van der Waals surface area contributed by atoms with E-state index in [-0.39, 0.29) is 17.6 Å². The van der Waals surface area contributed by atoms with E-state index in [1.807, 2.05) is 43.0 Å². The third kappa shape index (κ3) is 8.92. The fraction of sp³-hybridized carbons (Fsp3) is 0.643. The molecule has 9 nitrogen and oxygen atoms in total. The lowest BCUT2D eigenvalue weighted by molar-refractivity contribution is -0.145. The van der Waals surface area contributed by atoms with Crippen LogP contribution < -0.4 is 20.9 Å². The summed E-state index contributed by atoms with van der Waals surface area (Å²) in [5.41, 5.74) is -0.821. The van der Waals surface area contributed by atoms with Crippen LogP contribution in [0.25, 0.3) is 0 Å². The maximum Gasteiger partial charge on any atom is 0.346 e. The number of anilines is 1. The third-order valence-electron chi connectivity index (χ3n) is 6.38. The first-order chi connectivity index (χ1) is 18.0. The first kappa shape index (κ1) is 31.5. The maximum atomic E-state index is 12.9. The van der Waals surface area contributed by atoms with E-state index in [0.29, 0.717) is 32.0 Å². The number of rotatable bonds is 16. The Bertz CT molecular complexity index is 1140. The molecule has 1 unspecified atom stereocenters. The van der Waals surface area contributed by atoms with Crippen LogP contribution in [0, 0.1) is 0 Å². The van der Waals surface area contributed by atoms with Gasteiger partial charge in [0.15, 0.2) is 0 Å². The predicted octanol–water partition coefficient (Wildman–Crippen LogP) is 4.55. The van der Waals surface area contributed by atoms with Crippen LogP contribution in [0.4, 0.5) is 5.82 Å². The maximum absolute atomic E-state index is 12.9. The highest BCUT2D eigenvalue weighted by Gasteiger charge is 2.30. The molecule has 2 rings (SSSR count). The van der Waals surface area contributed by atoms with Crippen molar-refractivity contribution in [1.82, 2.24) is 14.3 Å². The van der Waals surface area contributed by atoms with E-state index < -0.39 is 10.4 Å². The molecule has 2 aromatic rings. The normalized spacial score (nSPS) is 12.3. The molecule has 10 heteroatoms. The molecule has 0 spiro atoms. The van der Waals surface area contributed by atoms with Crippen LogP contribution in [0.2, 0.25) is 0 Å². The molecule has 1 atom stereocenters. The monoisotopic (exact) mass is 548 g/mol. The Morgan fingerprint density at radius 3 is 2.37 bits per heavy atom. The number of esters is 1. The number of benzene rings is 1. The van der Waals surface area contributed by atoms with E-state index in [1.165, 1.54) is 36.3 Å². The highest BCUT2D eigenvalue weighted by molar-refractivity contribution is 8.01. The van der Waals surface area contributed by atoms with Crippen LogP contribution in [-0.2, 0) is 23.6 Å². The Morgan fingerprint density at radius 2 is 1.74 bits per heavy atom. The molecule has 0 N–H and O–H groups in total. The largest absolute Gasteiger partial charge is 0.494 e. The summed E-state index contributed by atoms with van der Waals surface area (Å²) in [6.07, 6.45) is 6.22. The molecule has 0 aliphatic heterocycles. The number of ether oxygens (including phenoxy) is 2. The fourth-order valence-corrected chi connectivity index (χ4v) is 5.03. The average molecular weight is 549 g/mol. The lowest BCUT2D eigenvalue weighted by Gasteiger charge is -2.30. The van der Waals surface area contributed by atoms with Crippen molar-refractivity contribution in [2.24, 2.45) is 14.1 Å². The van der Waals surface area contributed by atoms with Gasteiger partial charge in [0.05, 0.1) is 13.2 Å². The van der Waals surface area contributed by atoms with Gasteiger partial charge in [0, 0.05) is 38.0 Å². The van der Waals surface area contributed by atoms with Gasteiger partial charge < -0.3 is 14.4 Å². The van der Waals surface area contributed by atoms with Crippen LogP contribution in [0.5, 0.6) is 5.75 Å². The summed E-state index contributed by atoms with van der Waals surface area (Å²) >= 11 is 1.45. The highest BCUT2D eigenvalue weighted by Crippen LogP contribution is 2.34. The third-order valence-corrected chi connectivity index (χ3v) is 7.56. The van der Waals surface area contributed by atoms with Crippen LogP contribution >= 0.6 is 11.8 Å². The van der Waals surface area contributed by atoms with Gasteiger partial charge in [-0.05, 0) is 58.4 Å². The Kier molecular flexibility index (Phi) is 12.4. The van der Waals surface area contributed by atoms with Crippen LogP contribution in [0.15, 0.2) is 38.8 Å². The number of aromatic nitrogens is 3. The summed E-state index contributed by atoms with van der Waals surface area (Å²) in [4.78, 5) is 40.2. The van der Waals surface area contributed by atoms with E-state index in [0.717, 1.165) is 34.5 Å². The molecule has 0 radical (unpaired) electrons. The highest BCUT2D eigenvalue weighted by atomic mass is 32.2. The summed E-state index contributed by atoms with van der Waals surface area (Å²) in [5.74, 6) is 0.790. The summed E-state index contributed by atoms with van der Waals surface area (Å²) in [6, 6.07) is 7.64. The van der Waals surface area contributed by atoms with Crippen molar-refractivity contribution in [3.05, 3.63) is 45.1 Å². The van der Waals surface area contributed by atoms with Crippen molar-refractivity contribution in [3.63, 3.8) is 0 Å². The number of carbonyl (C=O) groups excluding carboxylic acids is 1. The number of carbonyl (C=O) groups is 1. The van der Waals surface area contributed by atoms with Crippen molar-refractivity contribution < 1.29 is 14.3 Å². The minimum atomic E-state index is -0.681. The lowest BCUT2D eigenvalue weighted by Crippen LogP contribution is -2.46. The molecule has 0 aliphatic rings. The molecule has 0 aliphatic carbocycles. The zero-order valence-corrected chi connectivity index (χ0v) is 24.8. The van der Waals surface area contributed by atoms with Crippen molar-refractivity contribution in [1.29, 1.82) is 0 Å². The minimum Gasteiger partial charge on any atom is -0.494 e. The molecule has 0 amide bonds. The van der Waals surface area contributed by atoms with E-state index in [2.05, 4.69) is 18.9 Å². The van der Waals surface area contributed by atoms with Crippen molar-refractivity contribution in [3.8, 4) is 5.75 Å². The molecule has 0 saturated carbocycles. The number of nitrogens with zero attached hydrogens (tertiary/aromatic N) is 4. The summed E-state index contributed by atoms with van der Waals surface area (Å²) in [7, 11) is 3.05. The van der Waals surface area contributed by atoms with Crippen LogP contribution in [0.1, 0.15) is 73.1 Å². The minimum absolute atomic E-state index is 0.0147. The number of unbranched alkanes of at least 4 members (excludes halogenated alkanes) is 4. The molecule has 0 saturated heterocycles. The molecule has 1 aromatic carbocycles. The lowest BCUT2D eigenvalue weighted by atomic mass is 10.1. The number of hydrogen-bond acceptors (Lipinski definition) is 8. The first-order valence-corrected chi connectivity index (χ1v) is 14.3. The van der Waals surface area contributed by atoms with E-state index in [4.69, 9.17) is 9.47 Å².